The fourth-order valence-electron chi connectivity index (χ4n) is 4.19. The van der Waals surface area contributed by atoms with E-state index < -0.39 is 12.0 Å². The Morgan fingerprint density at radius 2 is 1.93 bits per heavy atom. The highest BCUT2D eigenvalue weighted by molar-refractivity contribution is 5.81. The van der Waals surface area contributed by atoms with Crippen LogP contribution in [-0.2, 0) is 14.2 Å². The van der Waals surface area contributed by atoms with Crippen molar-refractivity contribution in [3.63, 3.8) is 0 Å². The molecule has 2 aromatic rings. The summed E-state index contributed by atoms with van der Waals surface area (Å²) in [5.41, 5.74) is 13.3. The molecule has 0 aliphatic carbocycles. The van der Waals surface area contributed by atoms with Crippen molar-refractivity contribution in [3.8, 4) is 0 Å². The fourth-order valence-corrected chi connectivity index (χ4v) is 4.19. The average Bonchev–Trinajstić information content (AvgIpc) is 3.32. The maximum Gasteiger partial charge on any atom is 0.167 e. The zero-order chi connectivity index (χ0) is 21.6. The number of nitrogens with two attached hydrogens (primary N) is 2. The third-order valence-electron chi connectivity index (χ3n) is 5.98. The summed E-state index contributed by atoms with van der Waals surface area (Å²) in [7, 11) is 2.08. The van der Waals surface area contributed by atoms with Gasteiger partial charge in [0.1, 0.15) is 30.2 Å². The molecule has 0 saturated carbocycles. The van der Waals surface area contributed by atoms with Gasteiger partial charge >= 0.3 is 0 Å². The second-order valence-corrected chi connectivity index (χ2v) is 9.17. The van der Waals surface area contributed by atoms with Gasteiger partial charge in [-0.2, -0.15) is 0 Å². The minimum Gasteiger partial charge on any atom is -0.382 e. The Balaban J connectivity index is 1.53. The third kappa shape index (κ3) is 4.02. The van der Waals surface area contributed by atoms with Gasteiger partial charge in [-0.25, -0.2) is 15.0 Å². The minimum atomic E-state index is -0.682. The van der Waals surface area contributed by atoms with E-state index in [1.165, 1.54) is 6.33 Å². The molecule has 2 aromatic heterocycles. The molecule has 1 unspecified atom stereocenters. The van der Waals surface area contributed by atoms with Crippen molar-refractivity contribution >= 4 is 17.0 Å². The number of anilines is 1. The summed E-state index contributed by atoms with van der Waals surface area (Å²) >= 11 is 0. The van der Waals surface area contributed by atoms with Gasteiger partial charge < -0.3 is 30.6 Å². The first kappa shape index (κ1) is 21.4. The number of hydrogen-bond donors (Lipinski definition) is 2. The molecule has 0 bridgehead atoms. The summed E-state index contributed by atoms with van der Waals surface area (Å²) in [4.78, 5) is 15.0. The number of aromatic nitrogens is 4. The van der Waals surface area contributed by atoms with Gasteiger partial charge in [-0.3, -0.25) is 4.57 Å². The molecule has 0 aromatic carbocycles. The fraction of sp³-hybridized carbons (Fsp3) is 0.750. The van der Waals surface area contributed by atoms with Crippen LogP contribution in [0.15, 0.2) is 12.7 Å². The van der Waals surface area contributed by atoms with E-state index in [9.17, 15) is 0 Å². The monoisotopic (exact) mass is 419 g/mol. The zero-order valence-corrected chi connectivity index (χ0v) is 18.4. The normalized spacial score (nSPS) is 29.2. The molecule has 30 heavy (non-hydrogen) atoms. The van der Waals surface area contributed by atoms with Crippen molar-refractivity contribution in [1.82, 2.24) is 24.4 Å². The molecular formula is C20H33N7O3. The van der Waals surface area contributed by atoms with Crippen LogP contribution >= 0.6 is 0 Å². The molecule has 2 aliphatic rings. The van der Waals surface area contributed by atoms with E-state index in [4.69, 9.17) is 25.7 Å². The Morgan fingerprint density at radius 1 is 1.20 bits per heavy atom. The van der Waals surface area contributed by atoms with Gasteiger partial charge in [-0.05, 0) is 39.8 Å². The van der Waals surface area contributed by atoms with Crippen LogP contribution in [0.4, 0.5) is 5.82 Å². The number of hydrogen-bond acceptors (Lipinski definition) is 9. The molecule has 4 rings (SSSR count). The van der Waals surface area contributed by atoms with E-state index in [0.29, 0.717) is 29.4 Å². The second-order valence-electron chi connectivity index (χ2n) is 9.17. The van der Waals surface area contributed by atoms with E-state index in [0.717, 1.165) is 13.0 Å². The maximum absolute atomic E-state index is 6.44. The van der Waals surface area contributed by atoms with Crippen LogP contribution in [0.5, 0.6) is 0 Å². The SMILES string of the molecule is CC(C)C(N)CCN(C)C[C@H]1O[C@@H](n2cnc3c(N)ncnc32)[C@@H]2OC(C)(C)O[C@@H]21. The predicted molar refractivity (Wildman–Crippen MR) is 112 cm³/mol. The van der Waals surface area contributed by atoms with Crippen LogP contribution in [0.2, 0.25) is 0 Å². The lowest BCUT2D eigenvalue weighted by Gasteiger charge is -2.28. The summed E-state index contributed by atoms with van der Waals surface area (Å²) in [5, 5.41) is 0. The van der Waals surface area contributed by atoms with Crippen LogP contribution in [-0.4, -0.2) is 74.7 Å². The van der Waals surface area contributed by atoms with Crippen LogP contribution in [0, 0.1) is 5.92 Å². The number of nitrogen functional groups attached to an aromatic ring is 1. The first-order chi connectivity index (χ1) is 14.2. The van der Waals surface area contributed by atoms with Crippen molar-refractivity contribution in [2.75, 3.05) is 25.9 Å². The molecule has 166 valence electrons. The van der Waals surface area contributed by atoms with E-state index in [2.05, 4.69) is 40.7 Å². The molecule has 4 N–H and O–H groups in total. The highest BCUT2D eigenvalue weighted by Crippen LogP contribution is 2.44. The van der Waals surface area contributed by atoms with Crippen molar-refractivity contribution < 1.29 is 14.2 Å². The number of nitrogens with zero attached hydrogens (tertiary/aromatic N) is 5. The molecule has 10 heteroatoms. The Morgan fingerprint density at radius 3 is 2.67 bits per heavy atom. The third-order valence-corrected chi connectivity index (χ3v) is 5.98. The Kier molecular flexibility index (Phi) is 5.71. The molecule has 2 fully saturated rings. The van der Waals surface area contributed by atoms with E-state index in [1.807, 2.05) is 18.4 Å². The highest BCUT2D eigenvalue weighted by atomic mass is 16.8. The Labute approximate surface area is 176 Å². The smallest absolute Gasteiger partial charge is 0.167 e. The lowest BCUT2D eigenvalue weighted by molar-refractivity contribution is -0.197. The van der Waals surface area contributed by atoms with E-state index in [1.54, 1.807) is 6.33 Å². The number of fused-ring (bicyclic) bond motifs is 2. The van der Waals surface area contributed by atoms with Crippen molar-refractivity contribution in [2.24, 2.45) is 11.7 Å². The maximum atomic E-state index is 6.44. The van der Waals surface area contributed by atoms with Crippen LogP contribution < -0.4 is 11.5 Å². The molecular weight excluding hydrogens is 386 g/mol. The van der Waals surface area contributed by atoms with Gasteiger partial charge in [0.15, 0.2) is 23.5 Å². The first-order valence-electron chi connectivity index (χ1n) is 10.5. The lowest BCUT2D eigenvalue weighted by atomic mass is 10.0. The quantitative estimate of drug-likeness (QED) is 0.679. The van der Waals surface area contributed by atoms with Gasteiger partial charge in [-0.1, -0.05) is 13.8 Å². The number of likely N-dealkylation sites (N-methyl/N-ethyl adjacent to an activating group) is 1. The summed E-state index contributed by atoms with van der Waals surface area (Å²) in [6.45, 7) is 9.76. The van der Waals surface area contributed by atoms with Crippen LogP contribution in [0.1, 0.15) is 40.3 Å². The summed E-state index contributed by atoms with van der Waals surface area (Å²) < 4.78 is 20.7. The minimum absolute atomic E-state index is 0.154. The Bertz CT molecular complexity index is 886. The molecule has 10 nitrogen and oxygen atoms in total. The summed E-state index contributed by atoms with van der Waals surface area (Å²) in [6.07, 6.45) is 3.02. The molecule has 5 atom stereocenters. The van der Waals surface area contributed by atoms with Crippen molar-refractivity contribution in [2.45, 2.75) is 70.5 Å². The van der Waals surface area contributed by atoms with Gasteiger partial charge in [0.25, 0.3) is 0 Å². The molecule has 0 amide bonds. The van der Waals surface area contributed by atoms with E-state index >= 15 is 0 Å². The largest absolute Gasteiger partial charge is 0.382 e. The zero-order valence-electron chi connectivity index (χ0n) is 18.4. The predicted octanol–water partition coefficient (Wildman–Crippen LogP) is 1.13. The Hall–Kier alpha value is -1.85. The number of rotatable bonds is 7. The average molecular weight is 420 g/mol. The molecule has 0 spiro atoms. The molecule has 2 aliphatic heterocycles. The molecule has 4 heterocycles. The van der Waals surface area contributed by atoms with Crippen LogP contribution in [0.3, 0.4) is 0 Å². The number of ether oxygens (including phenoxy) is 3. The van der Waals surface area contributed by atoms with Gasteiger partial charge in [-0.15, -0.1) is 0 Å². The standard InChI is InChI=1S/C20H33N7O3/c1-11(2)12(21)6-7-26(5)8-13-15-16(30-20(3,4)29-15)19(28-13)27-10-25-14-17(22)23-9-24-18(14)27/h9-13,15-16,19H,6-8,21H2,1-5H3,(H2,22,23,24)/t12?,13-,15-,16-,19-/m1/s1. The summed E-state index contributed by atoms with van der Waals surface area (Å²) in [6, 6.07) is 0.185. The van der Waals surface area contributed by atoms with E-state index in [-0.39, 0.29) is 24.4 Å². The highest BCUT2D eigenvalue weighted by Gasteiger charge is 2.56. The molecule has 0 radical (unpaired) electrons. The lowest BCUT2D eigenvalue weighted by Crippen LogP contribution is -2.40. The van der Waals surface area contributed by atoms with Gasteiger partial charge in [0.05, 0.1) is 6.33 Å². The van der Waals surface area contributed by atoms with Gasteiger partial charge in [0.2, 0.25) is 0 Å². The molecule has 2 saturated heterocycles. The summed E-state index contributed by atoms with van der Waals surface area (Å²) in [5.74, 6) is 0.125. The van der Waals surface area contributed by atoms with Gasteiger partial charge in [0, 0.05) is 12.6 Å². The van der Waals surface area contributed by atoms with Crippen LogP contribution in [0.25, 0.3) is 11.2 Å². The topological polar surface area (TPSA) is 127 Å². The van der Waals surface area contributed by atoms with Crippen molar-refractivity contribution in [1.29, 1.82) is 0 Å². The van der Waals surface area contributed by atoms with Crippen molar-refractivity contribution in [3.05, 3.63) is 12.7 Å². The first-order valence-corrected chi connectivity index (χ1v) is 10.5. The second kappa shape index (κ2) is 8.01. The number of imidazole rings is 1.